The van der Waals surface area contributed by atoms with Crippen LogP contribution in [-0.4, -0.2) is 44.4 Å². The van der Waals surface area contributed by atoms with Gasteiger partial charge in [0.25, 0.3) is 5.91 Å². The molecule has 8 nitrogen and oxygen atoms in total. The van der Waals surface area contributed by atoms with Crippen LogP contribution < -0.4 is 5.32 Å². The van der Waals surface area contributed by atoms with Crippen LogP contribution in [0.1, 0.15) is 18.7 Å². The molecule has 2 atom stereocenters. The molecule has 0 aliphatic carbocycles. The van der Waals surface area contributed by atoms with Crippen LogP contribution in [0.3, 0.4) is 0 Å². The van der Waals surface area contributed by atoms with Gasteiger partial charge in [-0.15, -0.1) is 5.10 Å². The van der Waals surface area contributed by atoms with Crippen molar-refractivity contribution in [2.45, 2.75) is 32.0 Å². The first-order valence-electron chi connectivity index (χ1n) is 5.14. The number of aromatic nitrogens is 3. The van der Waals surface area contributed by atoms with Crippen molar-refractivity contribution in [3.63, 3.8) is 0 Å². The van der Waals surface area contributed by atoms with Crippen LogP contribution in [-0.2, 0) is 14.3 Å². The maximum absolute atomic E-state index is 11.7. The summed E-state index contributed by atoms with van der Waals surface area (Å²) in [6, 6.07) is 0. The summed E-state index contributed by atoms with van der Waals surface area (Å²) in [6.45, 7) is 1.70. The number of aromatic amines is 1. The fourth-order valence-electron chi connectivity index (χ4n) is 1.60. The minimum absolute atomic E-state index is 0.162. The van der Waals surface area contributed by atoms with E-state index in [0.29, 0.717) is 18.7 Å². The molecule has 0 aromatic carbocycles. The number of amides is 1. The Kier molecular flexibility index (Phi) is 3.05. The Morgan fingerprint density at radius 2 is 2.18 bits per heavy atom. The molecule has 1 aliphatic heterocycles. The van der Waals surface area contributed by atoms with Gasteiger partial charge in [-0.2, -0.15) is 4.98 Å². The van der Waals surface area contributed by atoms with E-state index < -0.39 is 24.1 Å². The van der Waals surface area contributed by atoms with E-state index in [9.17, 15) is 9.59 Å². The number of carbonyl (C=O) groups is 2. The van der Waals surface area contributed by atoms with Crippen molar-refractivity contribution in [2.75, 3.05) is 5.32 Å². The van der Waals surface area contributed by atoms with Gasteiger partial charge in [0.05, 0.1) is 0 Å². The highest BCUT2D eigenvalue weighted by molar-refractivity contribution is 5.93. The van der Waals surface area contributed by atoms with Gasteiger partial charge in [0.15, 0.2) is 6.10 Å². The van der Waals surface area contributed by atoms with Gasteiger partial charge >= 0.3 is 5.97 Å². The molecule has 1 aromatic rings. The molecule has 0 bridgehead atoms. The Hall–Kier alpha value is -1.96. The van der Waals surface area contributed by atoms with Gasteiger partial charge < -0.3 is 9.84 Å². The highest BCUT2D eigenvalue weighted by Crippen LogP contribution is 2.20. The molecule has 0 saturated carbocycles. The Labute approximate surface area is 96.4 Å². The Bertz CT molecular complexity index is 444. The highest BCUT2D eigenvalue weighted by Gasteiger charge is 2.35. The fraction of sp³-hybridized carbons (Fsp3) is 0.556. The van der Waals surface area contributed by atoms with Gasteiger partial charge in [0, 0.05) is 0 Å². The van der Waals surface area contributed by atoms with Crippen LogP contribution in [0.2, 0.25) is 0 Å². The number of aryl methyl sites for hydroxylation is 1. The molecule has 2 heterocycles. The zero-order chi connectivity index (χ0) is 12.4. The molecule has 92 valence electrons. The topological polar surface area (TPSA) is 117 Å². The van der Waals surface area contributed by atoms with Crippen molar-refractivity contribution in [3.8, 4) is 0 Å². The van der Waals surface area contributed by atoms with E-state index in [1.165, 1.54) is 0 Å². The third-order valence-electron chi connectivity index (χ3n) is 2.42. The maximum atomic E-state index is 11.7. The summed E-state index contributed by atoms with van der Waals surface area (Å²) in [5, 5.41) is 17.5. The SMILES string of the molecule is Cc1nc(NC(=O)[C@@H]2CC[C@H](C(=O)O)O2)n[nH]1. The Morgan fingerprint density at radius 3 is 2.71 bits per heavy atom. The standard InChI is InChI=1S/C9H12N4O4/c1-4-10-9(13-12-4)11-7(14)5-2-3-6(17-5)8(15)16/h5-6H,2-3H2,1H3,(H,15,16)(H2,10,11,12,13,14)/t5-,6+/m0/s1. The summed E-state index contributed by atoms with van der Waals surface area (Å²) in [5.41, 5.74) is 0. The molecule has 3 N–H and O–H groups in total. The number of nitrogens with zero attached hydrogens (tertiary/aromatic N) is 2. The number of hydrogen-bond donors (Lipinski definition) is 3. The first-order chi connectivity index (χ1) is 8.06. The van der Waals surface area contributed by atoms with Gasteiger partial charge in [0.1, 0.15) is 11.9 Å². The van der Waals surface area contributed by atoms with E-state index in [2.05, 4.69) is 20.5 Å². The van der Waals surface area contributed by atoms with Crippen molar-refractivity contribution in [1.82, 2.24) is 15.2 Å². The molecule has 8 heteroatoms. The summed E-state index contributed by atoms with van der Waals surface area (Å²) >= 11 is 0. The molecule has 1 aromatic heterocycles. The van der Waals surface area contributed by atoms with Crippen molar-refractivity contribution < 1.29 is 19.4 Å². The number of carbonyl (C=O) groups excluding carboxylic acids is 1. The normalized spacial score (nSPS) is 23.6. The second kappa shape index (κ2) is 4.50. The zero-order valence-electron chi connectivity index (χ0n) is 9.14. The predicted molar refractivity (Wildman–Crippen MR) is 55.3 cm³/mol. The quantitative estimate of drug-likeness (QED) is 0.666. The van der Waals surface area contributed by atoms with Crippen molar-refractivity contribution >= 4 is 17.8 Å². The summed E-state index contributed by atoms with van der Waals surface area (Å²) < 4.78 is 5.09. The van der Waals surface area contributed by atoms with E-state index in [0.717, 1.165) is 0 Å². The van der Waals surface area contributed by atoms with Crippen molar-refractivity contribution in [2.24, 2.45) is 0 Å². The summed E-state index contributed by atoms with van der Waals surface area (Å²) in [7, 11) is 0. The lowest BCUT2D eigenvalue weighted by molar-refractivity contribution is -0.150. The highest BCUT2D eigenvalue weighted by atomic mass is 16.5. The molecule has 1 amide bonds. The van der Waals surface area contributed by atoms with Gasteiger partial charge in [-0.05, 0) is 19.8 Å². The van der Waals surface area contributed by atoms with E-state index in [4.69, 9.17) is 9.84 Å². The second-order valence-corrected chi connectivity index (χ2v) is 3.76. The number of nitrogens with one attached hydrogen (secondary N) is 2. The predicted octanol–water partition coefficient (Wildman–Crippen LogP) is -0.316. The summed E-state index contributed by atoms with van der Waals surface area (Å²) in [5.74, 6) is -0.729. The molecule has 17 heavy (non-hydrogen) atoms. The third kappa shape index (κ3) is 2.59. The summed E-state index contributed by atoms with van der Waals surface area (Å²) in [4.78, 5) is 26.2. The third-order valence-corrected chi connectivity index (χ3v) is 2.42. The van der Waals surface area contributed by atoms with Crippen LogP contribution >= 0.6 is 0 Å². The molecule has 1 saturated heterocycles. The lowest BCUT2D eigenvalue weighted by atomic mass is 10.2. The first-order valence-corrected chi connectivity index (χ1v) is 5.14. The molecule has 0 unspecified atom stereocenters. The van der Waals surface area contributed by atoms with Crippen LogP contribution in [0.5, 0.6) is 0 Å². The van der Waals surface area contributed by atoms with Crippen LogP contribution in [0, 0.1) is 6.92 Å². The monoisotopic (exact) mass is 240 g/mol. The van der Waals surface area contributed by atoms with Crippen molar-refractivity contribution in [1.29, 1.82) is 0 Å². The lowest BCUT2D eigenvalue weighted by Gasteiger charge is -2.09. The first kappa shape index (κ1) is 11.5. The summed E-state index contributed by atoms with van der Waals surface area (Å²) in [6.07, 6.45) is -0.943. The molecule has 2 rings (SSSR count). The molecule has 0 radical (unpaired) electrons. The van der Waals surface area contributed by atoms with Gasteiger partial charge in [-0.1, -0.05) is 0 Å². The van der Waals surface area contributed by atoms with Gasteiger partial charge in [-0.3, -0.25) is 15.2 Å². The van der Waals surface area contributed by atoms with Crippen LogP contribution in [0.15, 0.2) is 0 Å². The number of carboxylic acid groups (broad SMARTS) is 1. The number of ether oxygens (including phenoxy) is 1. The Morgan fingerprint density at radius 1 is 1.47 bits per heavy atom. The van der Waals surface area contributed by atoms with E-state index in [1.807, 2.05) is 0 Å². The Balaban J connectivity index is 1.91. The number of carboxylic acids is 1. The number of hydrogen-bond acceptors (Lipinski definition) is 5. The smallest absolute Gasteiger partial charge is 0.332 e. The van der Waals surface area contributed by atoms with E-state index in [1.54, 1.807) is 6.92 Å². The lowest BCUT2D eigenvalue weighted by Crippen LogP contribution is -2.30. The maximum Gasteiger partial charge on any atom is 0.332 e. The fourth-order valence-corrected chi connectivity index (χ4v) is 1.60. The average molecular weight is 240 g/mol. The number of H-pyrrole nitrogens is 1. The average Bonchev–Trinajstić information content (AvgIpc) is 2.86. The second-order valence-electron chi connectivity index (χ2n) is 3.76. The molecule has 1 fully saturated rings. The number of anilines is 1. The minimum Gasteiger partial charge on any atom is -0.479 e. The zero-order valence-corrected chi connectivity index (χ0v) is 9.14. The van der Waals surface area contributed by atoms with E-state index >= 15 is 0 Å². The number of aliphatic carboxylic acids is 1. The molecular weight excluding hydrogens is 228 g/mol. The minimum atomic E-state index is -1.05. The largest absolute Gasteiger partial charge is 0.479 e. The van der Waals surface area contributed by atoms with Gasteiger partial charge in [0.2, 0.25) is 5.95 Å². The van der Waals surface area contributed by atoms with Crippen molar-refractivity contribution in [3.05, 3.63) is 5.82 Å². The molecule has 0 spiro atoms. The number of rotatable bonds is 3. The van der Waals surface area contributed by atoms with E-state index in [-0.39, 0.29) is 5.95 Å². The molecule has 1 aliphatic rings. The van der Waals surface area contributed by atoms with Crippen LogP contribution in [0.25, 0.3) is 0 Å². The van der Waals surface area contributed by atoms with Crippen LogP contribution in [0.4, 0.5) is 5.95 Å². The molecular formula is C9H12N4O4. The van der Waals surface area contributed by atoms with Gasteiger partial charge in [-0.25, -0.2) is 4.79 Å².